The highest BCUT2D eigenvalue weighted by Gasteiger charge is 2.25. The van der Waals surface area contributed by atoms with Gasteiger partial charge in [0.2, 0.25) is 0 Å². The molecule has 2 aromatic rings. The third-order valence-corrected chi connectivity index (χ3v) is 5.15. The van der Waals surface area contributed by atoms with Gasteiger partial charge in [-0.15, -0.1) is 0 Å². The van der Waals surface area contributed by atoms with Crippen LogP contribution >= 0.6 is 22.6 Å². The summed E-state index contributed by atoms with van der Waals surface area (Å²) in [6.45, 7) is 8.34. The molecule has 0 atom stereocenters. The molecule has 3 nitrogen and oxygen atoms in total. The Morgan fingerprint density at radius 1 is 1.20 bits per heavy atom. The lowest BCUT2D eigenvalue weighted by molar-refractivity contribution is 0.189. The predicted molar refractivity (Wildman–Crippen MR) is 91.2 cm³/mol. The highest BCUT2D eigenvalue weighted by molar-refractivity contribution is 14.1. The van der Waals surface area contributed by atoms with Crippen molar-refractivity contribution in [1.29, 1.82) is 0 Å². The number of hydrogen-bond acceptors (Lipinski definition) is 2. The maximum absolute atomic E-state index is 4.43. The first kappa shape index (κ1) is 14.3. The summed E-state index contributed by atoms with van der Waals surface area (Å²) in [6.07, 6.45) is 8.23. The van der Waals surface area contributed by atoms with Crippen LogP contribution in [0.2, 0.25) is 0 Å². The fourth-order valence-electron chi connectivity index (χ4n) is 3.12. The lowest BCUT2D eigenvalue weighted by atomic mass is 9.84. The predicted octanol–water partition coefficient (Wildman–Crippen LogP) is 3.70. The van der Waals surface area contributed by atoms with Crippen LogP contribution in [0.5, 0.6) is 0 Å². The summed E-state index contributed by atoms with van der Waals surface area (Å²) in [5.74, 6) is 0. The van der Waals surface area contributed by atoms with Crippen LogP contribution in [0.15, 0.2) is 24.5 Å². The second kappa shape index (κ2) is 5.64. The van der Waals surface area contributed by atoms with E-state index in [9.17, 15) is 0 Å². The van der Waals surface area contributed by atoms with Gasteiger partial charge < -0.3 is 4.90 Å². The Bertz CT molecular complexity index is 597. The molecular weight excluding hydrogens is 361 g/mol. The van der Waals surface area contributed by atoms with Gasteiger partial charge in [-0.25, -0.2) is 4.52 Å². The van der Waals surface area contributed by atoms with Crippen molar-refractivity contribution in [2.45, 2.75) is 38.5 Å². The monoisotopic (exact) mass is 383 g/mol. The molecule has 4 heteroatoms. The Hall–Kier alpha value is -0.620. The van der Waals surface area contributed by atoms with Gasteiger partial charge in [-0.3, -0.25) is 0 Å². The zero-order valence-corrected chi connectivity index (χ0v) is 14.4. The number of likely N-dealkylation sites (tertiary alicyclic amines) is 1. The lowest BCUT2D eigenvalue weighted by Crippen LogP contribution is -2.40. The van der Waals surface area contributed by atoms with E-state index in [2.05, 4.69) is 64.8 Å². The lowest BCUT2D eigenvalue weighted by Gasteiger charge is -2.35. The molecule has 0 spiro atoms. The van der Waals surface area contributed by atoms with Crippen LogP contribution in [0.1, 0.15) is 38.7 Å². The van der Waals surface area contributed by atoms with Crippen LogP contribution in [0.4, 0.5) is 0 Å². The maximum atomic E-state index is 4.43. The molecule has 0 bridgehead atoms. The van der Waals surface area contributed by atoms with Crippen LogP contribution in [0.25, 0.3) is 5.52 Å². The minimum atomic E-state index is 0.170. The van der Waals surface area contributed by atoms with E-state index in [4.69, 9.17) is 0 Å². The second-order valence-corrected chi connectivity index (χ2v) is 7.62. The number of hydrogen-bond donors (Lipinski definition) is 0. The van der Waals surface area contributed by atoms with Crippen LogP contribution < -0.4 is 0 Å². The Morgan fingerprint density at radius 3 is 2.70 bits per heavy atom. The van der Waals surface area contributed by atoms with Gasteiger partial charge in [0.05, 0.1) is 15.3 Å². The molecule has 3 heterocycles. The van der Waals surface area contributed by atoms with Gasteiger partial charge >= 0.3 is 0 Å². The van der Waals surface area contributed by atoms with Crippen LogP contribution in [-0.2, 0) is 5.41 Å². The number of aromatic nitrogens is 2. The van der Waals surface area contributed by atoms with E-state index in [1.165, 1.54) is 47.0 Å². The minimum Gasteiger partial charge on any atom is -0.302 e. The Balaban J connectivity index is 1.83. The molecule has 1 aliphatic heterocycles. The van der Waals surface area contributed by atoms with Crippen molar-refractivity contribution in [3.8, 4) is 0 Å². The van der Waals surface area contributed by atoms with Crippen molar-refractivity contribution >= 4 is 28.1 Å². The molecule has 108 valence electrons. The van der Waals surface area contributed by atoms with Crippen LogP contribution in [0.3, 0.4) is 0 Å². The Kier molecular flexibility index (Phi) is 4.04. The van der Waals surface area contributed by atoms with E-state index >= 15 is 0 Å². The van der Waals surface area contributed by atoms with Crippen LogP contribution in [-0.4, -0.2) is 34.1 Å². The summed E-state index contributed by atoms with van der Waals surface area (Å²) >= 11 is 2.34. The van der Waals surface area contributed by atoms with Gasteiger partial charge in [-0.05, 0) is 60.2 Å². The van der Waals surface area contributed by atoms with Gasteiger partial charge in [0.15, 0.2) is 0 Å². The summed E-state index contributed by atoms with van der Waals surface area (Å²) in [5.41, 5.74) is 2.74. The Morgan fingerprint density at radius 2 is 1.95 bits per heavy atom. The number of fused-ring (bicyclic) bond motifs is 1. The van der Waals surface area contributed by atoms with E-state index in [1.54, 1.807) is 0 Å². The molecule has 0 aliphatic carbocycles. The van der Waals surface area contributed by atoms with Crippen molar-refractivity contribution in [1.82, 2.24) is 14.5 Å². The second-order valence-electron chi connectivity index (χ2n) is 6.46. The van der Waals surface area contributed by atoms with E-state index in [1.807, 2.05) is 10.7 Å². The summed E-state index contributed by atoms with van der Waals surface area (Å²) in [5, 5.41) is 4.43. The molecule has 0 saturated carbocycles. The third kappa shape index (κ3) is 2.86. The van der Waals surface area contributed by atoms with Crippen molar-refractivity contribution in [2.24, 2.45) is 0 Å². The first-order valence-electron chi connectivity index (χ1n) is 7.42. The van der Waals surface area contributed by atoms with Crippen LogP contribution in [0, 0.1) is 3.57 Å². The molecule has 1 fully saturated rings. The summed E-state index contributed by atoms with van der Waals surface area (Å²) in [7, 11) is 0. The number of rotatable bonds is 3. The fourth-order valence-corrected chi connectivity index (χ4v) is 3.67. The SMILES string of the molecule is CC(C)(CN1CCCCC1)c1ccc2c(I)cnn2c1. The van der Waals surface area contributed by atoms with Gasteiger partial charge in [0.25, 0.3) is 0 Å². The zero-order chi connectivity index (χ0) is 14.2. The highest BCUT2D eigenvalue weighted by Crippen LogP contribution is 2.27. The standard InChI is InChI=1S/C16H22IN3/c1-16(2,12-19-8-4-3-5-9-19)13-6-7-15-14(17)10-18-20(15)11-13/h6-7,10-11H,3-5,8-9,12H2,1-2H3. The van der Waals surface area contributed by atoms with Crippen molar-refractivity contribution in [3.05, 3.63) is 33.7 Å². The average molecular weight is 383 g/mol. The average Bonchev–Trinajstić information content (AvgIpc) is 2.81. The quantitative estimate of drug-likeness (QED) is 0.754. The molecule has 3 rings (SSSR count). The maximum Gasteiger partial charge on any atom is 0.0795 e. The number of halogens is 1. The Labute approximate surface area is 134 Å². The molecule has 20 heavy (non-hydrogen) atoms. The van der Waals surface area contributed by atoms with E-state index in [0.29, 0.717) is 0 Å². The van der Waals surface area contributed by atoms with Gasteiger partial charge in [0, 0.05) is 18.2 Å². The van der Waals surface area contributed by atoms with Crippen molar-refractivity contribution < 1.29 is 0 Å². The first-order valence-corrected chi connectivity index (χ1v) is 8.50. The molecule has 0 amide bonds. The number of nitrogens with zero attached hydrogens (tertiary/aromatic N) is 3. The smallest absolute Gasteiger partial charge is 0.0795 e. The third-order valence-electron chi connectivity index (χ3n) is 4.32. The number of pyridine rings is 1. The summed E-state index contributed by atoms with van der Waals surface area (Å²) < 4.78 is 3.22. The molecule has 0 unspecified atom stereocenters. The van der Waals surface area contributed by atoms with E-state index < -0.39 is 0 Å². The summed E-state index contributed by atoms with van der Waals surface area (Å²) in [4.78, 5) is 2.61. The zero-order valence-electron chi connectivity index (χ0n) is 12.3. The molecule has 0 N–H and O–H groups in total. The molecule has 0 radical (unpaired) electrons. The minimum absolute atomic E-state index is 0.170. The fraction of sp³-hybridized carbons (Fsp3) is 0.562. The van der Waals surface area contributed by atoms with Gasteiger partial charge in [0.1, 0.15) is 0 Å². The molecule has 0 aromatic carbocycles. The summed E-state index contributed by atoms with van der Waals surface area (Å²) in [6, 6.07) is 4.46. The van der Waals surface area contributed by atoms with E-state index in [0.717, 1.165) is 6.54 Å². The molecular formula is C16H22IN3. The topological polar surface area (TPSA) is 20.5 Å². The van der Waals surface area contributed by atoms with E-state index in [-0.39, 0.29) is 5.41 Å². The molecule has 1 saturated heterocycles. The highest BCUT2D eigenvalue weighted by atomic mass is 127. The largest absolute Gasteiger partial charge is 0.302 e. The number of piperidine rings is 1. The van der Waals surface area contributed by atoms with Crippen molar-refractivity contribution in [2.75, 3.05) is 19.6 Å². The molecule has 2 aromatic heterocycles. The van der Waals surface area contributed by atoms with Gasteiger partial charge in [-0.2, -0.15) is 5.10 Å². The normalized spacial score (nSPS) is 17.8. The first-order chi connectivity index (χ1) is 9.56. The van der Waals surface area contributed by atoms with Gasteiger partial charge in [-0.1, -0.05) is 26.3 Å². The molecule has 1 aliphatic rings. The van der Waals surface area contributed by atoms with Crippen molar-refractivity contribution in [3.63, 3.8) is 0 Å².